The lowest BCUT2D eigenvalue weighted by molar-refractivity contribution is 0.213. The standard InChI is InChI=1S/C19H30N4/c1-6-23(7-2)19(17-11-9-8-10-12-17)14-20-13-18-15(3)21-22(5)16(18)4/h8-12,19-20H,6-7,13-14H2,1-5H3. The molecule has 1 aromatic heterocycles. The molecular weight excluding hydrogens is 284 g/mol. The average Bonchev–Trinajstić information content (AvgIpc) is 2.81. The summed E-state index contributed by atoms with van der Waals surface area (Å²) >= 11 is 0. The first kappa shape index (κ1) is 17.7. The normalized spacial score (nSPS) is 12.8. The van der Waals surface area contributed by atoms with Crippen LogP contribution in [0.25, 0.3) is 0 Å². The molecule has 4 nitrogen and oxygen atoms in total. The highest BCUT2D eigenvalue weighted by molar-refractivity contribution is 5.24. The predicted octanol–water partition coefficient (Wildman–Crippen LogP) is 3.21. The van der Waals surface area contributed by atoms with Gasteiger partial charge in [0.1, 0.15) is 0 Å². The number of nitrogens with one attached hydrogen (secondary N) is 1. The topological polar surface area (TPSA) is 33.1 Å². The summed E-state index contributed by atoms with van der Waals surface area (Å²) in [7, 11) is 2.01. The van der Waals surface area contributed by atoms with Crippen molar-refractivity contribution < 1.29 is 0 Å². The molecule has 126 valence electrons. The highest BCUT2D eigenvalue weighted by Crippen LogP contribution is 2.20. The van der Waals surface area contributed by atoms with E-state index < -0.39 is 0 Å². The van der Waals surface area contributed by atoms with Gasteiger partial charge in [0.15, 0.2) is 0 Å². The fourth-order valence-electron chi connectivity index (χ4n) is 3.20. The van der Waals surface area contributed by atoms with Crippen LogP contribution in [-0.2, 0) is 13.6 Å². The van der Waals surface area contributed by atoms with Crippen LogP contribution in [0, 0.1) is 13.8 Å². The van der Waals surface area contributed by atoms with Gasteiger partial charge in [-0.15, -0.1) is 0 Å². The maximum absolute atomic E-state index is 4.50. The third-order valence-electron chi connectivity index (χ3n) is 4.74. The lowest BCUT2D eigenvalue weighted by Gasteiger charge is -2.30. The van der Waals surface area contributed by atoms with Gasteiger partial charge in [-0.1, -0.05) is 44.2 Å². The molecule has 0 saturated carbocycles. The fourth-order valence-corrected chi connectivity index (χ4v) is 3.20. The van der Waals surface area contributed by atoms with Crippen LogP contribution in [0.15, 0.2) is 30.3 Å². The van der Waals surface area contributed by atoms with Crippen molar-refractivity contribution >= 4 is 0 Å². The minimum atomic E-state index is 0.406. The Labute approximate surface area is 140 Å². The second-order valence-corrected chi connectivity index (χ2v) is 6.05. The summed E-state index contributed by atoms with van der Waals surface area (Å²) in [6.07, 6.45) is 0. The number of rotatable bonds is 8. The van der Waals surface area contributed by atoms with E-state index >= 15 is 0 Å². The Hall–Kier alpha value is -1.65. The summed E-state index contributed by atoms with van der Waals surface area (Å²) in [4.78, 5) is 2.51. The lowest BCUT2D eigenvalue weighted by atomic mass is 10.0. The summed E-state index contributed by atoms with van der Waals surface area (Å²) in [6, 6.07) is 11.2. The Kier molecular flexibility index (Phi) is 6.37. The van der Waals surface area contributed by atoms with Gasteiger partial charge >= 0.3 is 0 Å². The molecule has 23 heavy (non-hydrogen) atoms. The molecule has 1 aromatic carbocycles. The summed E-state index contributed by atoms with van der Waals surface area (Å²) in [6.45, 7) is 12.6. The van der Waals surface area contributed by atoms with Crippen LogP contribution in [0.1, 0.15) is 42.4 Å². The molecule has 1 heterocycles. The maximum atomic E-state index is 4.50. The molecule has 0 fully saturated rings. The number of aromatic nitrogens is 2. The quantitative estimate of drug-likeness (QED) is 0.812. The third kappa shape index (κ3) is 4.21. The lowest BCUT2D eigenvalue weighted by Crippen LogP contribution is -2.35. The van der Waals surface area contributed by atoms with Gasteiger partial charge in [0, 0.05) is 37.4 Å². The molecule has 1 atom stereocenters. The van der Waals surface area contributed by atoms with Crippen molar-refractivity contribution in [3.63, 3.8) is 0 Å². The van der Waals surface area contributed by atoms with E-state index in [1.165, 1.54) is 16.8 Å². The van der Waals surface area contributed by atoms with E-state index in [9.17, 15) is 0 Å². The van der Waals surface area contributed by atoms with Gasteiger partial charge in [0.2, 0.25) is 0 Å². The van der Waals surface area contributed by atoms with E-state index in [-0.39, 0.29) is 0 Å². The van der Waals surface area contributed by atoms with Crippen LogP contribution < -0.4 is 5.32 Å². The second kappa shape index (κ2) is 8.27. The van der Waals surface area contributed by atoms with Crippen molar-refractivity contribution in [2.75, 3.05) is 19.6 Å². The summed E-state index contributed by atoms with van der Waals surface area (Å²) in [5.41, 5.74) is 5.06. The Morgan fingerprint density at radius 1 is 1.13 bits per heavy atom. The zero-order valence-corrected chi connectivity index (χ0v) is 15.1. The van der Waals surface area contributed by atoms with Crippen molar-refractivity contribution in [1.82, 2.24) is 20.0 Å². The molecule has 2 rings (SSSR count). The molecule has 0 spiro atoms. The van der Waals surface area contributed by atoms with E-state index in [4.69, 9.17) is 0 Å². The van der Waals surface area contributed by atoms with Gasteiger partial charge < -0.3 is 5.32 Å². The number of hydrogen-bond donors (Lipinski definition) is 1. The molecule has 0 saturated heterocycles. The van der Waals surface area contributed by atoms with Crippen LogP contribution in [0.2, 0.25) is 0 Å². The molecule has 0 radical (unpaired) electrons. The number of likely N-dealkylation sites (N-methyl/N-ethyl adjacent to an activating group) is 1. The zero-order valence-electron chi connectivity index (χ0n) is 15.1. The Bertz CT molecular complexity index is 599. The Balaban J connectivity index is 2.07. The van der Waals surface area contributed by atoms with Gasteiger partial charge in [0.25, 0.3) is 0 Å². The molecule has 4 heteroatoms. The number of benzene rings is 1. The zero-order chi connectivity index (χ0) is 16.8. The van der Waals surface area contributed by atoms with E-state index in [2.05, 4.69) is 73.3 Å². The average molecular weight is 314 g/mol. The summed E-state index contributed by atoms with van der Waals surface area (Å²) in [5.74, 6) is 0. The third-order valence-corrected chi connectivity index (χ3v) is 4.74. The van der Waals surface area contributed by atoms with Crippen molar-refractivity contribution in [3.8, 4) is 0 Å². The van der Waals surface area contributed by atoms with Gasteiger partial charge in [0.05, 0.1) is 5.69 Å². The van der Waals surface area contributed by atoms with E-state index in [0.717, 1.165) is 31.9 Å². The smallest absolute Gasteiger partial charge is 0.0641 e. The number of aryl methyl sites for hydroxylation is 2. The SMILES string of the molecule is CCN(CC)C(CNCc1c(C)nn(C)c1C)c1ccccc1. The van der Waals surface area contributed by atoms with E-state index in [0.29, 0.717) is 6.04 Å². The molecule has 1 unspecified atom stereocenters. The molecule has 0 aliphatic heterocycles. The molecule has 0 amide bonds. The first-order valence-electron chi connectivity index (χ1n) is 8.57. The number of nitrogens with zero attached hydrogens (tertiary/aromatic N) is 3. The first-order valence-corrected chi connectivity index (χ1v) is 8.57. The van der Waals surface area contributed by atoms with Gasteiger partial charge in [-0.3, -0.25) is 9.58 Å². The van der Waals surface area contributed by atoms with Crippen molar-refractivity contribution in [2.45, 2.75) is 40.3 Å². The van der Waals surface area contributed by atoms with E-state index in [1.807, 2.05) is 11.7 Å². The summed E-state index contributed by atoms with van der Waals surface area (Å²) < 4.78 is 1.96. The van der Waals surface area contributed by atoms with Gasteiger partial charge in [-0.25, -0.2) is 0 Å². The molecule has 0 aliphatic rings. The van der Waals surface area contributed by atoms with Gasteiger partial charge in [-0.2, -0.15) is 5.10 Å². The molecule has 0 aliphatic carbocycles. The Morgan fingerprint density at radius 2 is 1.78 bits per heavy atom. The maximum Gasteiger partial charge on any atom is 0.0641 e. The van der Waals surface area contributed by atoms with Crippen LogP contribution >= 0.6 is 0 Å². The number of hydrogen-bond acceptors (Lipinski definition) is 3. The second-order valence-electron chi connectivity index (χ2n) is 6.05. The molecule has 0 bridgehead atoms. The van der Waals surface area contributed by atoms with Gasteiger partial charge in [-0.05, 0) is 32.5 Å². The van der Waals surface area contributed by atoms with Crippen molar-refractivity contribution in [3.05, 3.63) is 52.8 Å². The molecular formula is C19H30N4. The predicted molar refractivity (Wildman–Crippen MR) is 96.5 cm³/mol. The van der Waals surface area contributed by atoms with Crippen LogP contribution in [0.4, 0.5) is 0 Å². The van der Waals surface area contributed by atoms with Crippen LogP contribution in [0.3, 0.4) is 0 Å². The summed E-state index contributed by atoms with van der Waals surface area (Å²) in [5, 5.41) is 8.15. The monoisotopic (exact) mass is 314 g/mol. The fraction of sp³-hybridized carbons (Fsp3) is 0.526. The van der Waals surface area contributed by atoms with E-state index in [1.54, 1.807) is 0 Å². The molecule has 2 aromatic rings. The highest BCUT2D eigenvalue weighted by atomic mass is 15.3. The molecule has 1 N–H and O–H groups in total. The highest BCUT2D eigenvalue weighted by Gasteiger charge is 2.18. The Morgan fingerprint density at radius 3 is 2.30 bits per heavy atom. The van der Waals surface area contributed by atoms with Crippen molar-refractivity contribution in [1.29, 1.82) is 0 Å². The van der Waals surface area contributed by atoms with Crippen molar-refractivity contribution in [2.24, 2.45) is 7.05 Å². The van der Waals surface area contributed by atoms with Crippen LogP contribution in [0.5, 0.6) is 0 Å². The van der Waals surface area contributed by atoms with Crippen LogP contribution in [-0.4, -0.2) is 34.3 Å². The minimum Gasteiger partial charge on any atom is -0.311 e. The first-order chi connectivity index (χ1) is 11.1. The largest absolute Gasteiger partial charge is 0.311 e. The minimum absolute atomic E-state index is 0.406.